The quantitative estimate of drug-likeness (QED) is 0.860. The summed E-state index contributed by atoms with van der Waals surface area (Å²) < 4.78 is 13.1. The molecule has 0 bridgehead atoms. The van der Waals surface area contributed by atoms with Crippen molar-refractivity contribution in [2.75, 3.05) is 0 Å². The molecule has 3 amide bonds. The highest BCUT2D eigenvalue weighted by atomic mass is 35.5. The Hall–Kier alpha value is -2.40. The average Bonchev–Trinajstić information content (AvgIpc) is 2.74. The summed E-state index contributed by atoms with van der Waals surface area (Å²) in [6.45, 7) is 3.61. The Labute approximate surface area is 144 Å². The van der Waals surface area contributed by atoms with Gasteiger partial charge in [-0.25, -0.2) is 9.18 Å². The molecular weight excluding hydrogens is 331 g/mol. The lowest BCUT2D eigenvalue weighted by atomic mass is 9.91. The normalized spacial score (nSPS) is 20.4. The van der Waals surface area contributed by atoms with Crippen molar-refractivity contribution in [3.63, 3.8) is 0 Å². The van der Waals surface area contributed by atoms with Gasteiger partial charge in [0.2, 0.25) is 0 Å². The van der Waals surface area contributed by atoms with Gasteiger partial charge in [0, 0.05) is 5.02 Å². The van der Waals surface area contributed by atoms with Crippen LogP contribution in [0, 0.1) is 12.7 Å². The molecule has 1 heterocycles. The third kappa shape index (κ3) is 2.76. The zero-order chi connectivity index (χ0) is 17.5. The van der Waals surface area contributed by atoms with Gasteiger partial charge >= 0.3 is 6.03 Å². The fraction of sp³-hybridized carbons (Fsp3) is 0.222. The van der Waals surface area contributed by atoms with Gasteiger partial charge < -0.3 is 5.32 Å². The predicted molar refractivity (Wildman–Crippen MR) is 89.0 cm³/mol. The molecule has 0 saturated carbocycles. The predicted octanol–water partition coefficient (Wildman–Crippen LogP) is 3.75. The minimum absolute atomic E-state index is 0.00870. The topological polar surface area (TPSA) is 49.4 Å². The van der Waals surface area contributed by atoms with Crippen molar-refractivity contribution < 1.29 is 14.0 Å². The Kier molecular flexibility index (Phi) is 4.05. The molecule has 4 nitrogen and oxygen atoms in total. The zero-order valence-corrected chi connectivity index (χ0v) is 14.0. The number of carbonyl (C=O) groups excluding carboxylic acids is 2. The zero-order valence-electron chi connectivity index (χ0n) is 13.3. The number of rotatable bonds is 3. The number of amides is 3. The summed E-state index contributed by atoms with van der Waals surface area (Å²) in [7, 11) is 0. The number of aryl methyl sites for hydroxylation is 1. The second-order valence-corrected chi connectivity index (χ2v) is 6.46. The molecule has 0 aromatic heterocycles. The molecule has 0 spiro atoms. The Balaban J connectivity index is 1.90. The van der Waals surface area contributed by atoms with Gasteiger partial charge in [0.05, 0.1) is 6.54 Å². The number of hydrogen-bond acceptors (Lipinski definition) is 2. The van der Waals surface area contributed by atoms with E-state index in [1.54, 1.807) is 6.92 Å². The van der Waals surface area contributed by atoms with Gasteiger partial charge in [-0.3, -0.25) is 9.69 Å². The van der Waals surface area contributed by atoms with Crippen molar-refractivity contribution >= 4 is 23.5 Å². The van der Waals surface area contributed by atoms with Crippen LogP contribution in [0.4, 0.5) is 9.18 Å². The summed E-state index contributed by atoms with van der Waals surface area (Å²) in [5, 5.41) is 2.92. The van der Waals surface area contributed by atoms with Crippen molar-refractivity contribution in [1.29, 1.82) is 0 Å². The van der Waals surface area contributed by atoms with Crippen LogP contribution in [0.5, 0.6) is 0 Å². The monoisotopic (exact) mass is 346 g/mol. The van der Waals surface area contributed by atoms with Gasteiger partial charge in [-0.1, -0.05) is 47.5 Å². The molecule has 0 unspecified atom stereocenters. The first-order chi connectivity index (χ1) is 11.3. The maximum Gasteiger partial charge on any atom is 0.325 e. The summed E-state index contributed by atoms with van der Waals surface area (Å²) in [6.07, 6.45) is 0. The van der Waals surface area contributed by atoms with Crippen molar-refractivity contribution in [1.82, 2.24) is 10.2 Å². The Morgan fingerprint density at radius 2 is 1.83 bits per heavy atom. The van der Waals surface area contributed by atoms with Gasteiger partial charge in [0.15, 0.2) is 0 Å². The number of urea groups is 1. The number of benzene rings is 2. The van der Waals surface area contributed by atoms with Gasteiger partial charge in [-0.05, 0) is 37.1 Å². The summed E-state index contributed by atoms with van der Waals surface area (Å²) >= 11 is 6.00. The maximum absolute atomic E-state index is 13.1. The van der Waals surface area contributed by atoms with Crippen molar-refractivity contribution in [3.8, 4) is 0 Å². The van der Waals surface area contributed by atoms with E-state index in [0.29, 0.717) is 11.1 Å². The number of hydrogen-bond donors (Lipinski definition) is 1. The van der Waals surface area contributed by atoms with Crippen LogP contribution in [0.15, 0.2) is 42.5 Å². The first-order valence-electron chi connectivity index (χ1n) is 7.46. The van der Waals surface area contributed by atoms with E-state index in [9.17, 15) is 14.0 Å². The summed E-state index contributed by atoms with van der Waals surface area (Å²) in [4.78, 5) is 26.2. The van der Waals surface area contributed by atoms with Crippen molar-refractivity contribution in [3.05, 3.63) is 70.0 Å². The van der Waals surface area contributed by atoms with Crippen LogP contribution in [0.25, 0.3) is 0 Å². The van der Waals surface area contributed by atoms with Gasteiger partial charge in [-0.2, -0.15) is 0 Å². The van der Waals surface area contributed by atoms with Crippen LogP contribution >= 0.6 is 11.6 Å². The maximum atomic E-state index is 13.1. The molecule has 6 heteroatoms. The number of nitrogens with one attached hydrogen (secondary N) is 1. The first kappa shape index (κ1) is 16.5. The molecule has 2 aromatic carbocycles. The van der Waals surface area contributed by atoms with Gasteiger partial charge in [0.1, 0.15) is 11.4 Å². The molecule has 1 aliphatic heterocycles. The van der Waals surface area contributed by atoms with Gasteiger partial charge in [0.25, 0.3) is 5.91 Å². The molecule has 1 saturated heterocycles. The molecule has 3 rings (SSSR count). The standard InChI is InChI=1S/C18H16ClFN2O2/c1-11-3-6-13(7-4-11)18(2)16(23)22(17(24)21-18)10-12-5-8-14(20)9-15(12)19/h3-9H,10H2,1-2H3,(H,21,24)/t18-/m0/s1. The third-order valence-corrected chi connectivity index (χ3v) is 4.60. The van der Waals surface area contributed by atoms with E-state index in [2.05, 4.69) is 5.32 Å². The highest BCUT2D eigenvalue weighted by Gasteiger charge is 2.48. The molecule has 24 heavy (non-hydrogen) atoms. The Morgan fingerprint density at radius 3 is 2.46 bits per heavy atom. The van der Waals surface area contributed by atoms with E-state index in [1.807, 2.05) is 31.2 Å². The minimum atomic E-state index is -1.13. The molecule has 1 aliphatic rings. The highest BCUT2D eigenvalue weighted by Crippen LogP contribution is 2.31. The molecule has 0 radical (unpaired) electrons. The van der Waals surface area contributed by atoms with E-state index in [1.165, 1.54) is 12.1 Å². The van der Waals surface area contributed by atoms with Crippen molar-refractivity contribution in [2.24, 2.45) is 0 Å². The van der Waals surface area contributed by atoms with Crippen LogP contribution in [0.3, 0.4) is 0 Å². The molecule has 1 N–H and O–H groups in total. The van der Waals surface area contributed by atoms with E-state index < -0.39 is 17.4 Å². The lowest BCUT2D eigenvalue weighted by Gasteiger charge is -2.22. The van der Waals surface area contributed by atoms with Crippen molar-refractivity contribution in [2.45, 2.75) is 25.9 Å². The van der Waals surface area contributed by atoms with E-state index in [-0.39, 0.29) is 17.5 Å². The van der Waals surface area contributed by atoms with E-state index >= 15 is 0 Å². The second-order valence-electron chi connectivity index (χ2n) is 6.05. The number of imide groups is 1. The third-order valence-electron chi connectivity index (χ3n) is 4.25. The fourth-order valence-corrected chi connectivity index (χ4v) is 2.97. The number of nitrogens with zero attached hydrogens (tertiary/aromatic N) is 1. The largest absolute Gasteiger partial charge is 0.325 e. The summed E-state index contributed by atoms with van der Waals surface area (Å²) in [5.74, 6) is -0.831. The summed E-state index contributed by atoms with van der Waals surface area (Å²) in [6, 6.07) is 10.8. The molecular formula is C18H16ClFN2O2. The highest BCUT2D eigenvalue weighted by molar-refractivity contribution is 6.31. The van der Waals surface area contributed by atoms with Crippen LogP contribution in [0.1, 0.15) is 23.6 Å². The fourth-order valence-electron chi connectivity index (χ4n) is 2.74. The van der Waals surface area contributed by atoms with E-state index in [4.69, 9.17) is 11.6 Å². The van der Waals surface area contributed by atoms with E-state index in [0.717, 1.165) is 16.5 Å². The summed E-state index contributed by atoms with van der Waals surface area (Å²) in [5.41, 5.74) is 1.15. The molecule has 2 aromatic rings. The van der Waals surface area contributed by atoms with Crippen LogP contribution in [-0.4, -0.2) is 16.8 Å². The molecule has 1 fully saturated rings. The minimum Gasteiger partial charge on any atom is -0.319 e. The SMILES string of the molecule is Cc1ccc([C@]2(C)NC(=O)N(Cc3ccc(F)cc3Cl)C2=O)cc1. The lowest BCUT2D eigenvalue weighted by Crippen LogP contribution is -2.40. The Bertz CT molecular complexity index is 822. The second kappa shape index (κ2) is 5.91. The molecule has 0 aliphatic carbocycles. The van der Waals surface area contributed by atoms with Crippen LogP contribution in [0.2, 0.25) is 5.02 Å². The Morgan fingerprint density at radius 1 is 1.17 bits per heavy atom. The number of carbonyl (C=O) groups is 2. The van der Waals surface area contributed by atoms with Crippen LogP contribution in [-0.2, 0) is 16.9 Å². The smallest absolute Gasteiger partial charge is 0.319 e. The average molecular weight is 347 g/mol. The molecule has 124 valence electrons. The van der Waals surface area contributed by atoms with Crippen LogP contribution < -0.4 is 5.32 Å². The molecule has 1 atom stereocenters. The van der Waals surface area contributed by atoms with Gasteiger partial charge in [-0.15, -0.1) is 0 Å². The lowest BCUT2D eigenvalue weighted by molar-refractivity contribution is -0.131. The number of halogens is 2. The first-order valence-corrected chi connectivity index (χ1v) is 7.84.